The number of nitrogens with one attached hydrogen (secondary N) is 1. The Labute approximate surface area is 152 Å². The van der Waals surface area contributed by atoms with Crippen molar-refractivity contribution in [2.45, 2.75) is 25.8 Å². The molecule has 1 aliphatic heterocycles. The van der Waals surface area contributed by atoms with E-state index in [2.05, 4.69) is 10.2 Å². The number of hydrogen-bond donors (Lipinski definition) is 1. The topological polar surface area (TPSA) is 32.3 Å². The predicted octanol–water partition coefficient (Wildman–Crippen LogP) is 5.23. The zero-order chi connectivity index (χ0) is 16.9. The van der Waals surface area contributed by atoms with Crippen molar-refractivity contribution < 1.29 is 4.79 Å². The maximum absolute atomic E-state index is 12.3. The van der Waals surface area contributed by atoms with Gasteiger partial charge in [0.25, 0.3) is 5.91 Å². The van der Waals surface area contributed by atoms with Crippen LogP contribution in [0.5, 0.6) is 0 Å². The molecule has 126 valence electrons. The van der Waals surface area contributed by atoms with Gasteiger partial charge < -0.3 is 5.32 Å². The van der Waals surface area contributed by atoms with Crippen molar-refractivity contribution in [3.05, 3.63) is 63.6 Å². The molecule has 0 spiro atoms. The van der Waals surface area contributed by atoms with Crippen LogP contribution in [-0.2, 0) is 6.54 Å². The molecule has 0 radical (unpaired) electrons. The van der Waals surface area contributed by atoms with Crippen molar-refractivity contribution in [3.8, 4) is 0 Å². The SMILES string of the molecule is O=C(Nc1ccc(Cl)c(Cl)c1)c1ccc(CN2CCCCC2)cc1. The average Bonchev–Trinajstić information content (AvgIpc) is 2.60. The van der Waals surface area contributed by atoms with Gasteiger partial charge in [0.05, 0.1) is 10.0 Å². The Morgan fingerprint density at radius 2 is 1.67 bits per heavy atom. The quantitative estimate of drug-likeness (QED) is 0.807. The number of likely N-dealkylation sites (tertiary alicyclic amines) is 1. The molecule has 0 atom stereocenters. The molecule has 0 aliphatic carbocycles. The normalized spacial score (nSPS) is 15.2. The summed E-state index contributed by atoms with van der Waals surface area (Å²) in [6.45, 7) is 3.29. The Morgan fingerprint density at radius 3 is 2.33 bits per heavy atom. The number of rotatable bonds is 4. The number of benzene rings is 2. The van der Waals surface area contributed by atoms with Gasteiger partial charge in [0.1, 0.15) is 0 Å². The predicted molar refractivity (Wildman–Crippen MR) is 100.0 cm³/mol. The highest BCUT2D eigenvalue weighted by atomic mass is 35.5. The van der Waals surface area contributed by atoms with E-state index >= 15 is 0 Å². The van der Waals surface area contributed by atoms with Crippen molar-refractivity contribution in [3.63, 3.8) is 0 Å². The number of piperidine rings is 1. The van der Waals surface area contributed by atoms with Gasteiger partial charge in [-0.05, 0) is 61.8 Å². The van der Waals surface area contributed by atoms with Crippen LogP contribution in [0.4, 0.5) is 5.69 Å². The van der Waals surface area contributed by atoms with E-state index in [0.29, 0.717) is 21.3 Å². The summed E-state index contributed by atoms with van der Waals surface area (Å²) in [5.41, 5.74) is 2.50. The molecule has 1 aliphatic rings. The van der Waals surface area contributed by atoms with E-state index in [1.165, 1.54) is 37.9 Å². The van der Waals surface area contributed by atoms with Gasteiger partial charge in [0, 0.05) is 17.8 Å². The van der Waals surface area contributed by atoms with Gasteiger partial charge in [-0.3, -0.25) is 9.69 Å². The van der Waals surface area contributed by atoms with Crippen LogP contribution < -0.4 is 5.32 Å². The number of carbonyl (C=O) groups excluding carboxylic acids is 1. The Balaban J connectivity index is 1.61. The number of nitrogens with zero attached hydrogens (tertiary/aromatic N) is 1. The lowest BCUT2D eigenvalue weighted by atomic mass is 10.1. The van der Waals surface area contributed by atoms with E-state index in [-0.39, 0.29) is 5.91 Å². The molecule has 2 aromatic rings. The lowest BCUT2D eigenvalue weighted by Gasteiger charge is -2.26. The van der Waals surface area contributed by atoms with Crippen LogP contribution in [0, 0.1) is 0 Å². The molecule has 1 N–H and O–H groups in total. The second-order valence-corrected chi connectivity index (χ2v) is 6.93. The molecule has 3 nitrogen and oxygen atoms in total. The number of carbonyl (C=O) groups is 1. The van der Waals surface area contributed by atoms with E-state index in [1.807, 2.05) is 24.3 Å². The van der Waals surface area contributed by atoms with Gasteiger partial charge in [-0.15, -0.1) is 0 Å². The van der Waals surface area contributed by atoms with Gasteiger partial charge in [-0.2, -0.15) is 0 Å². The second-order valence-electron chi connectivity index (χ2n) is 6.12. The van der Waals surface area contributed by atoms with E-state index in [9.17, 15) is 4.79 Å². The van der Waals surface area contributed by atoms with Crippen molar-refractivity contribution in [2.24, 2.45) is 0 Å². The maximum atomic E-state index is 12.3. The Hall–Kier alpha value is -1.55. The first kappa shape index (κ1) is 17.3. The zero-order valence-corrected chi connectivity index (χ0v) is 14.9. The number of hydrogen-bond acceptors (Lipinski definition) is 2. The van der Waals surface area contributed by atoms with Gasteiger partial charge in [-0.25, -0.2) is 0 Å². The van der Waals surface area contributed by atoms with Crippen molar-refractivity contribution in [1.29, 1.82) is 0 Å². The van der Waals surface area contributed by atoms with Crippen LogP contribution in [0.15, 0.2) is 42.5 Å². The van der Waals surface area contributed by atoms with Crippen LogP contribution in [0.2, 0.25) is 10.0 Å². The van der Waals surface area contributed by atoms with Gasteiger partial charge in [0.2, 0.25) is 0 Å². The molecule has 0 saturated carbocycles. The minimum atomic E-state index is -0.155. The maximum Gasteiger partial charge on any atom is 0.255 e. The molecule has 0 bridgehead atoms. The van der Waals surface area contributed by atoms with Crippen molar-refractivity contribution in [2.75, 3.05) is 18.4 Å². The van der Waals surface area contributed by atoms with Crippen LogP contribution in [0.3, 0.4) is 0 Å². The first-order valence-electron chi connectivity index (χ1n) is 8.19. The number of amides is 1. The van der Waals surface area contributed by atoms with Crippen LogP contribution in [0.1, 0.15) is 35.2 Å². The molecule has 1 fully saturated rings. The first-order valence-corrected chi connectivity index (χ1v) is 8.95. The summed E-state index contributed by atoms with van der Waals surface area (Å²) >= 11 is 11.9. The Kier molecular flexibility index (Phi) is 5.77. The standard InChI is InChI=1S/C19H20Cl2N2O/c20-17-9-8-16(12-18(17)21)22-19(24)15-6-4-14(5-7-15)13-23-10-2-1-3-11-23/h4-9,12H,1-3,10-11,13H2,(H,22,24). The van der Waals surface area contributed by atoms with E-state index in [0.717, 1.165) is 6.54 Å². The van der Waals surface area contributed by atoms with Crippen molar-refractivity contribution >= 4 is 34.8 Å². The summed E-state index contributed by atoms with van der Waals surface area (Å²) in [6, 6.07) is 12.8. The highest BCUT2D eigenvalue weighted by Crippen LogP contribution is 2.25. The fourth-order valence-electron chi connectivity index (χ4n) is 2.91. The Morgan fingerprint density at radius 1 is 0.958 bits per heavy atom. The summed E-state index contributed by atoms with van der Waals surface area (Å²) in [4.78, 5) is 14.8. The summed E-state index contributed by atoms with van der Waals surface area (Å²) in [5.74, 6) is -0.155. The Bertz CT molecular complexity index is 710. The monoisotopic (exact) mass is 362 g/mol. The lowest BCUT2D eigenvalue weighted by Crippen LogP contribution is -2.29. The van der Waals surface area contributed by atoms with E-state index in [1.54, 1.807) is 18.2 Å². The highest BCUT2D eigenvalue weighted by Gasteiger charge is 2.11. The van der Waals surface area contributed by atoms with Gasteiger partial charge >= 0.3 is 0 Å². The van der Waals surface area contributed by atoms with Crippen LogP contribution >= 0.6 is 23.2 Å². The number of anilines is 1. The molecule has 3 rings (SSSR count). The summed E-state index contributed by atoms with van der Waals surface area (Å²) in [5, 5.41) is 3.73. The molecular formula is C19H20Cl2N2O. The van der Waals surface area contributed by atoms with E-state index in [4.69, 9.17) is 23.2 Å². The molecule has 1 amide bonds. The fraction of sp³-hybridized carbons (Fsp3) is 0.316. The highest BCUT2D eigenvalue weighted by molar-refractivity contribution is 6.42. The average molecular weight is 363 g/mol. The molecule has 2 aromatic carbocycles. The van der Waals surface area contributed by atoms with Gasteiger partial charge in [-0.1, -0.05) is 41.8 Å². The summed E-state index contributed by atoms with van der Waals surface area (Å²) in [7, 11) is 0. The third-order valence-electron chi connectivity index (χ3n) is 4.25. The minimum absolute atomic E-state index is 0.155. The largest absolute Gasteiger partial charge is 0.322 e. The third-order valence-corrected chi connectivity index (χ3v) is 4.99. The summed E-state index contributed by atoms with van der Waals surface area (Å²) in [6.07, 6.45) is 3.90. The smallest absolute Gasteiger partial charge is 0.255 e. The third kappa shape index (κ3) is 4.50. The molecule has 0 aromatic heterocycles. The minimum Gasteiger partial charge on any atom is -0.322 e. The number of halogens is 2. The molecule has 0 unspecified atom stereocenters. The molecule has 5 heteroatoms. The zero-order valence-electron chi connectivity index (χ0n) is 13.4. The lowest BCUT2D eigenvalue weighted by molar-refractivity contribution is 0.102. The van der Waals surface area contributed by atoms with E-state index < -0.39 is 0 Å². The van der Waals surface area contributed by atoms with Crippen molar-refractivity contribution in [1.82, 2.24) is 4.90 Å². The molecular weight excluding hydrogens is 343 g/mol. The second kappa shape index (κ2) is 8.02. The van der Waals surface area contributed by atoms with Crippen LogP contribution in [0.25, 0.3) is 0 Å². The van der Waals surface area contributed by atoms with Crippen LogP contribution in [-0.4, -0.2) is 23.9 Å². The molecule has 1 heterocycles. The van der Waals surface area contributed by atoms with Gasteiger partial charge in [0.15, 0.2) is 0 Å². The molecule has 24 heavy (non-hydrogen) atoms. The molecule has 1 saturated heterocycles. The summed E-state index contributed by atoms with van der Waals surface area (Å²) < 4.78 is 0. The first-order chi connectivity index (χ1) is 11.6. The fourth-order valence-corrected chi connectivity index (χ4v) is 3.21.